The third-order valence-electron chi connectivity index (χ3n) is 1.27. The number of hydrogen-bond donors (Lipinski definition) is 0. The summed E-state index contributed by atoms with van der Waals surface area (Å²) in [6.07, 6.45) is 1.15. The number of nitrogens with zero attached hydrogens (tertiary/aromatic N) is 1. The fraction of sp³-hybridized carbons (Fsp3) is 0. The highest BCUT2D eigenvalue weighted by molar-refractivity contribution is 6.30. The van der Waals surface area contributed by atoms with Crippen LogP contribution in [0.5, 0.6) is 0 Å². The molecule has 1 nitrogen and oxygen atoms in total. The quantitative estimate of drug-likeness (QED) is 0.611. The summed E-state index contributed by atoms with van der Waals surface area (Å²) >= 11 is 5.60. The van der Waals surface area contributed by atoms with Crippen LogP contribution in [0.1, 0.15) is 5.56 Å². The van der Waals surface area contributed by atoms with Crippen LogP contribution in [0.2, 0.25) is 5.02 Å². The molecule has 0 bridgehead atoms. The van der Waals surface area contributed by atoms with E-state index in [0.29, 0.717) is 10.6 Å². The molecule has 0 spiro atoms. The van der Waals surface area contributed by atoms with Gasteiger partial charge in [0.25, 0.3) is 0 Å². The minimum atomic E-state index is -0.808. The molecule has 1 rings (SSSR count). The van der Waals surface area contributed by atoms with Gasteiger partial charge in [-0.25, -0.2) is 0 Å². The number of allylic oxidation sites excluding steroid dienone is 1. The Kier molecular flexibility index (Phi) is 2.84. The first-order valence-electron chi connectivity index (χ1n) is 3.25. The predicted molar refractivity (Wildman–Crippen MR) is 46.2 cm³/mol. The Morgan fingerprint density at radius 2 is 2.00 bits per heavy atom. The largest absolute Gasteiger partial charge is 0.200 e. The van der Waals surface area contributed by atoms with Crippen molar-refractivity contribution in [3.63, 3.8) is 0 Å². The Hall–Kier alpha value is -1.33. The van der Waals surface area contributed by atoms with Crippen molar-refractivity contribution in [2.75, 3.05) is 0 Å². The molecule has 0 aliphatic heterocycles. The zero-order valence-electron chi connectivity index (χ0n) is 6.09. The van der Waals surface area contributed by atoms with Gasteiger partial charge in [-0.15, -0.1) is 0 Å². The molecule has 0 unspecified atom stereocenters. The Morgan fingerprint density at radius 1 is 1.42 bits per heavy atom. The first-order valence-corrected chi connectivity index (χ1v) is 3.63. The lowest BCUT2D eigenvalue weighted by Gasteiger charge is -1.91. The molecule has 60 valence electrons. The van der Waals surface area contributed by atoms with Crippen LogP contribution in [-0.2, 0) is 0 Å². The van der Waals surface area contributed by atoms with E-state index in [1.807, 2.05) is 0 Å². The van der Waals surface area contributed by atoms with Crippen LogP contribution in [0.4, 0.5) is 4.39 Å². The van der Waals surface area contributed by atoms with Gasteiger partial charge < -0.3 is 0 Å². The van der Waals surface area contributed by atoms with Gasteiger partial charge in [-0.05, 0) is 23.8 Å². The van der Waals surface area contributed by atoms with Crippen molar-refractivity contribution in [3.05, 3.63) is 40.7 Å². The highest BCUT2D eigenvalue weighted by Crippen LogP contribution is 2.12. The lowest BCUT2D eigenvalue weighted by atomic mass is 10.2. The van der Waals surface area contributed by atoms with Crippen LogP contribution in [0.25, 0.3) is 6.08 Å². The van der Waals surface area contributed by atoms with Gasteiger partial charge in [0, 0.05) is 5.02 Å². The van der Waals surface area contributed by atoms with Gasteiger partial charge in [0.05, 0.1) is 0 Å². The third kappa shape index (κ3) is 2.37. The Bertz CT molecular complexity index is 335. The zero-order valence-corrected chi connectivity index (χ0v) is 6.85. The van der Waals surface area contributed by atoms with Crippen molar-refractivity contribution in [1.82, 2.24) is 0 Å². The highest BCUT2D eigenvalue weighted by Gasteiger charge is 1.92. The number of benzene rings is 1. The minimum absolute atomic E-state index is 0.588. The SMILES string of the molecule is N#C/C(F)=C/c1ccc(Cl)cc1. The minimum Gasteiger partial charge on any atom is -0.195 e. The van der Waals surface area contributed by atoms with Crippen LogP contribution in [0, 0.1) is 11.3 Å². The fourth-order valence-corrected chi connectivity index (χ4v) is 0.864. The molecule has 0 radical (unpaired) electrons. The van der Waals surface area contributed by atoms with E-state index in [9.17, 15) is 4.39 Å². The molecule has 0 atom stereocenters. The number of halogens is 2. The maximum absolute atomic E-state index is 12.4. The number of hydrogen-bond acceptors (Lipinski definition) is 1. The Morgan fingerprint density at radius 3 is 2.50 bits per heavy atom. The topological polar surface area (TPSA) is 23.8 Å². The molecule has 1 aromatic rings. The molecule has 0 aromatic heterocycles. The van der Waals surface area contributed by atoms with E-state index in [1.165, 1.54) is 6.07 Å². The number of rotatable bonds is 1. The molecule has 0 heterocycles. The molecule has 0 aliphatic carbocycles. The lowest BCUT2D eigenvalue weighted by molar-refractivity contribution is 0.679. The second-order valence-electron chi connectivity index (χ2n) is 2.16. The van der Waals surface area contributed by atoms with E-state index in [1.54, 1.807) is 24.3 Å². The normalized spacial score (nSPS) is 10.9. The molecular weight excluding hydrogens is 177 g/mol. The molecule has 0 N–H and O–H groups in total. The van der Waals surface area contributed by atoms with Crippen LogP contribution >= 0.6 is 11.6 Å². The van der Waals surface area contributed by atoms with Crippen molar-refractivity contribution in [2.24, 2.45) is 0 Å². The summed E-state index contributed by atoms with van der Waals surface area (Å²) in [6.45, 7) is 0. The van der Waals surface area contributed by atoms with Crippen LogP contribution in [0.15, 0.2) is 30.1 Å². The van der Waals surface area contributed by atoms with Gasteiger partial charge in [-0.3, -0.25) is 0 Å². The lowest BCUT2D eigenvalue weighted by Crippen LogP contribution is -1.72. The molecule has 12 heavy (non-hydrogen) atoms. The average Bonchev–Trinajstić information content (AvgIpc) is 2.09. The average molecular weight is 182 g/mol. The van der Waals surface area contributed by atoms with Crippen LogP contribution < -0.4 is 0 Å². The van der Waals surface area contributed by atoms with Crippen molar-refractivity contribution < 1.29 is 4.39 Å². The van der Waals surface area contributed by atoms with E-state index in [4.69, 9.17) is 16.9 Å². The Balaban J connectivity index is 2.93. The van der Waals surface area contributed by atoms with E-state index >= 15 is 0 Å². The van der Waals surface area contributed by atoms with Gasteiger partial charge in [-0.2, -0.15) is 9.65 Å². The summed E-state index contributed by atoms with van der Waals surface area (Å²) in [5.74, 6) is -0.808. The molecule has 3 heteroatoms. The first kappa shape index (κ1) is 8.76. The van der Waals surface area contributed by atoms with Crippen molar-refractivity contribution >= 4 is 17.7 Å². The molecule has 0 fully saturated rings. The van der Waals surface area contributed by atoms with Gasteiger partial charge in [0.2, 0.25) is 5.83 Å². The summed E-state index contributed by atoms with van der Waals surface area (Å²) in [6, 6.07) is 7.94. The molecule has 0 amide bonds. The van der Waals surface area contributed by atoms with E-state index in [0.717, 1.165) is 6.08 Å². The standard InChI is InChI=1S/C9H5ClFN/c10-8-3-1-7(2-4-8)5-9(11)6-12/h1-5H/b9-5-. The fourth-order valence-electron chi connectivity index (χ4n) is 0.738. The van der Waals surface area contributed by atoms with Crippen LogP contribution in [-0.4, -0.2) is 0 Å². The summed E-state index contributed by atoms with van der Waals surface area (Å²) in [5, 5.41) is 8.72. The predicted octanol–water partition coefficient (Wildman–Crippen LogP) is 3.17. The van der Waals surface area contributed by atoms with E-state index in [-0.39, 0.29) is 0 Å². The zero-order chi connectivity index (χ0) is 8.97. The second-order valence-corrected chi connectivity index (χ2v) is 2.59. The smallest absolute Gasteiger partial charge is 0.195 e. The van der Waals surface area contributed by atoms with Gasteiger partial charge in [-0.1, -0.05) is 23.7 Å². The maximum atomic E-state index is 12.4. The molecular formula is C9H5ClFN. The first-order chi connectivity index (χ1) is 5.72. The van der Waals surface area contributed by atoms with Gasteiger partial charge in [0.15, 0.2) is 0 Å². The maximum Gasteiger partial charge on any atom is 0.200 e. The molecule has 1 aromatic carbocycles. The third-order valence-corrected chi connectivity index (χ3v) is 1.52. The monoisotopic (exact) mass is 181 g/mol. The molecule has 0 saturated carbocycles. The summed E-state index contributed by atoms with van der Waals surface area (Å²) in [4.78, 5) is 0. The summed E-state index contributed by atoms with van der Waals surface area (Å²) in [5.41, 5.74) is 0.624. The van der Waals surface area contributed by atoms with Crippen molar-refractivity contribution in [3.8, 4) is 6.07 Å². The van der Waals surface area contributed by atoms with Gasteiger partial charge in [0.1, 0.15) is 6.07 Å². The van der Waals surface area contributed by atoms with E-state index in [2.05, 4.69) is 0 Å². The summed E-state index contributed by atoms with van der Waals surface area (Å²) in [7, 11) is 0. The molecule has 0 aliphatic rings. The van der Waals surface area contributed by atoms with E-state index < -0.39 is 5.83 Å². The molecule has 0 saturated heterocycles. The second kappa shape index (κ2) is 3.89. The van der Waals surface area contributed by atoms with Crippen molar-refractivity contribution in [2.45, 2.75) is 0 Å². The number of nitriles is 1. The Labute approximate surface area is 74.7 Å². The van der Waals surface area contributed by atoms with Crippen LogP contribution in [0.3, 0.4) is 0 Å². The highest BCUT2D eigenvalue weighted by atomic mass is 35.5. The van der Waals surface area contributed by atoms with Gasteiger partial charge >= 0.3 is 0 Å². The van der Waals surface area contributed by atoms with Crippen molar-refractivity contribution in [1.29, 1.82) is 5.26 Å². The summed E-state index contributed by atoms with van der Waals surface area (Å²) < 4.78 is 12.4.